The molecule has 1 unspecified atom stereocenters. The average Bonchev–Trinajstić information content (AvgIpc) is 1.64. The molecule has 0 saturated carbocycles. The molecule has 0 aromatic heterocycles. The summed E-state index contributed by atoms with van der Waals surface area (Å²) in [6.45, 7) is 0. The maximum absolute atomic E-state index is 5.42. The first kappa shape index (κ1) is 5.66. The van der Waals surface area contributed by atoms with Crippen molar-refractivity contribution in [2.75, 3.05) is 0 Å². The second kappa shape index (κ2) is 2.20. The molecule has 0 fully saturated rings. The van der Waals surface area contributed by atoms with E-state index in [4.69, 9.17) is 22.1 Å². The van der Waals surface area contributed by atoms with Crippen molar-refractivity contribution in [1.29, 1.82) is 0 Å². The number of hydrogen-bond acceptors (Lipinski definition) is 2. The van der Waals surface area contributed by atoms with Crippen LogP contribution >= 0.6 is 11.6 Å². The number of rotatable bonds is 0. The van der Waals surface area contributed by atoms with Crippen molar-refractivity contribution in [3.8, 4) is 0 Å². The van der Waals surface area contributed by atoms with Crippen LogP contribution in [-0.4, -0.2) is 6.23 Å². The molecule has 44 valence electrons. The normalized spacial score (nSPS) is 26.8. The van der Waals surface area contributed by atoms with E-state index in [0.717, 1.165) is 0 Å². The van der Waals surface area contributed by atoms with Crippen molar-refractivity contribution in [3.63, 3.8) is 0 Å². The molecule has 0 aliphatic carbocycles. The molecule has 0 saturated heterocycles. The maximum atomic E-state index is 5.42. The molecule has 1 atom stereocenters. The molecule has 3 heteroatoms. The molecule has 1 rings (SSSR count). The molecule has 0 radical (unpaired) electrons. The van der Waals surface area contributed by atoms with Gasteiger partial charge in [-0.2, -0.15) is 0 Å². The van der Waals surface area contributed by atoms with Gasteiger partial charge in [0.25, 0.3) is 0 Å². The first-order valence-corrected chi connectivity index (χ1v) is 2.63. The monoisotopic (exact) mass is 131 g/mol. The Morgan fingerprint density at radius 2 is 2.50 bits per heavy atom. The van der Waals surface area contributed by atoms with E-state index < -0.39 is 0 Å². The van der Waals surface area contributed by atoms with E-state index in [2.05, 4.69) is 0 Å². The predicted molar refractivity (Wildman–Crippen MR) is 32.1 cm³/mol. The van der Waals surface area contributed by atoms with Gasteiger partial charge in [-0.3, -0.25) is 5.73 Å². The maximum Gasteiger partial charge on any atom is 0.189 e. The standard InChI is InChI=1S/C5H6ClNO/c6-4-2-1-3-5(7)8-4/h1-3,5H,7H2. The summed E-state index contributed by atoms with van der Waals surface area (Å²) in [5.74, 6) is 0. The highest BCUT2D eigenvalue weighted by Crippen LogP contribution is 2.09. The summed E-state index contributed by atoms with van der Waals surface area (Å²) in [5.41, 5.74) is 5.29. The van der Waals surface area contributed by atoms with Crippen LogP contribution in [0.15, 0.2) is 23.4 Å². The highest BCUT2D eigenvalue weighted by Gasteiger charge is 2.01. The Bertz CT molecular complexity index is 141. The van der Waals surface area contributed by atoms with Gasteiger partial charge in [0.05, 0.1) is 0 Å². The Hall–Kier alpha value is -0.470. The summed E-state index contributed by atoms with van der Waals surface area (Å²) in [6.07, 6.45) is 4.75. The smallest absolute Gasteiger partial charge is 0.189 e. The minimum Gasteiger partial charge on any atom is -0.461 e. The Morgan fingerprint density at radius 3 is 2.88 bits per heavy atom. The lowest BCUT2D eigenvalue weighted by molar-refractivity contribution is 0.178. The fourth-order valence-electron chi connectivity index (χ4n) is 0.449. The van der Waals surface area contributed by atoms with E-state index in [1.165, 1.54) is 0 Å². The third-order valence-corrected chi connectivity index (χ3v) is 0.992. The molecule has 0 aromatic rings. The van der Waals surface area contributed by atoms with E-state index >= 15 is 0 Å². The summed E-state index contributed by atoms with van der Waals surface area (Å²) in [4.78, 5) is 0. The Morgan fingerprint density at radius 1 is 1.75 bits per heavy atom. The number of halogens is 1. The first-order chi connectivity index (χ1) is 3.79. The van der Waals surface area contributed by atoms with E-state index in [9.17, 15) is 0 Å². The topological polar surface area (TPSA) is 35.2 Å². The van der Waals surface area contributed by atoms with Gasteiger partial charge < -0.3 is 4.74 Å². The summed E-state index contributed by atoms with van der Waals surface area (Å²) >= 11 is 5.42. The Labute approximate surface area is 52.6 Å². The summed E-state index contributed by atoms with van der Waals surface area (Å²) in [6, 6.07) is 0. The van der Waals surface area contributed by atoms with Crippen LogP contribution in [0.25, 0.3) is 0 Å². The fourth-order valence-corrected chi connectivity index (χ4v) is 0.625. The van der Waals surface area contributed by atoms with Crippen LogP contribution in [0.1, 0.15) is 0 Å². The predicted octanol–water partition coefficient (Wildman–Crippen LogP) is 0.938. The van der Waals surface area contributed by atoms with Crippen LogP contribution < -0.4 is 5.73 Å². The van der Waals surface area contributed by atoms with E-state index in [1.54, 1.807) is 18.2 Å². The van der Waals surface area contributed by atoms with Gasteiger partial charge in [-0.15, -0.1) is 0 Å². The molecule has 1 heterocycles. The SMILES string of the molecule is NC1C=CC=C(Cl)O1. The third kappa shape index (κ3) is 1.25. The summed E-state index contributed by atoms with van der Waals surface area (Å²) in [5, 5.41) is 0.347. The zero-order chi connectivity index (χ0) is 5.98. The van der Waals surface area contributed by atoms with Crippen LogP contribution in [0, 0.1) is 0 Å². The Balaban J connectivity index is 2.59. The van der Waals surface area contributed by atoms with Crippen LogP contribution in [0.3, 0.4) is 0 Å². The zero-order valence-electron chi connectivity index (χ0n) is 4.17. The van der Waals surface area contributed by atoms with Crippen LogP contribution in [0.2, 0.25) is 0 Å². The number of hydrogen-bond donors (Lipinski definition) is 1. The van der Waals surface area contributed by atoms with Crippen LogP contribution in [0.4, 0.5) is 0 Å². The first-order valence-electron chi connectivity index (χ1n) is 2.25. The number of nitrogens with two attached hydrogens (primary N) is 1. The van der Waals surface area contributed by atoms with Crippen molar-refractivity contribution in [2.45, 2.75) is 6.23 Å². The van der Waals surface area contributed by atoms with E-state index in [0.29, 0.717) is 5.22 Å². The second-order valence-electron chi connectivity index (χ2n) is 1.44. The molecule has 2 nitrogen and oxygen atoms in total. The van der Waals surface area contributed by atoms with Gasteiger partial charge in [-0.1, -0.05) is 6.08 Å². The molecule has 1 aliphatic heterocycles. The lowest BCUT2D eigenvalue weighted by Crippen LogP contribution is -2.20. The molecule has 0 aromatic carbocycles. The molecule has 2 N–H and O–H groups in total. The molecule has 8 heavy (non-hydrogen) atoms. The van der Waals surface area contributed by atoms with Gasteiger partial charge >= 0.3 is 0 Å². The summed E-state index contributed by atoms with van der Waals surface area (Å²) in [7, 11) is 0. The fraction of sp³-hybridized carbons (Fsp3) is 0.200. The van der Waals surface area contributed by atoms with Gasteiger partial charge in [-0.05, 0) is 23.8 Å². The van der Waals surface area contributed by atoms with Crippen LogP contribution in [0.5, 0.6) is 0 Å². The van der Waals surface area contributed by atoms with E-state index in [-0.39, 0.29) is 6.23 Å². The largest absolute Gasteiger partial charge is 0.461 e. The number of allylic oxidation sites excluding steroid dienone is 2. The minimum atomic E-state index is -0.368. The third-order valence-electron chi connectivity index (χ3n) is 0.777. The van der Waals surface area contributed by atoms with Gasteiger partial charge in [0.1, 0.15) is 0 Å². The lowest BCUT2D eigenvalue weighted by Gasteiger charge is -2.11. The van der Waals surface area contributed by atoms with Gasteiger partial charge in [0.15, 0.2) is 11.4 Å². The highest BCUT2D eigenvalue weighted by molar-refractivity contribution is 6.28. The van der Waals surface area contributed by atoms with E-state index in [1.807, 2.05) is 0 Å². The van der Waals surface area contributed by atoms with Gasteiger partial charge in [0, 0.05) is 0 Å². The minimum absolute atomic E-state index is 0.347. The second-order valence-corrected chi connectivity index (χ2v) is 1.81. The highest BCUT2D eigenvalue weighted by atomic mass is 35.5. The quantitative estimate of drug-likeness (QED) is 0.531. The molecule has 0 amide bonds. The molecule has 1 aliphatic rings. The molecular formula is C5H6ClNO. The lowest BCUT2D eigenvalue weighted by atomic mass is 10.4. The van der Waals surface area contributed by atoms with Crippen molar-refractivity contribution < 1.29 is 4.74 Å². The summed E-state index contributed by atoms with van der Waals surface area (Å²) < 4.78 is 4.80. The zero-order valence-corrected chi connectivity index (χ0v) is 4.93. The van der Waals surface area contributed by atoms with Gasteiger partial charge in [-0.25, -0.2) is 0 Å². The number of ether oxygens (including phenoxy) is 1. The average molecular weight is 132 g/mol. The van der Waals surface area contributed by atoms with Crippen molar-refractivity contribution >= 4 is 11.6 Å². The van der Waals surface area contributed by atoms with Crippen molar-refractivity contribution in [1.82, 2.24) is 0 Å². The van der Waals surface area contributed by atoms with Crippen LogP contribution in [-0.2, 0) is 4.74 Å². The molecule has 0 bridgehead atoms. The van der Waals surface area contributed by atoms with Crippen molar-refractivity contribution in [3.05, 3.63) is 23.4 Å². The Kier molecular flexibility index (Phi) is 1.56. The molecule has 0 spiro atoms. The molecular weight excluding hydrogens is 126 g/mol. The van der Waals surface area contributed by atoms with Crippen molar-refractivity contribution in [2.24, 2.45) is 5.73 Å². The van der Waals surface area contributed by atoms with Gasteiger partial charge in [0.2, 0.25) is 0 Å².